The normalized spacial score (nSPS) is 10.1. The van der Waals surface area contributed by atoms with Crippen molar-refractivity contribution in [1.29, 1.82) is 5.26 Å². The average molecular weight is 338 g/mol. The number of rotatable bonds is 5. The number of aryl methyl sites for hydroxylation is 1. The molecule has 2 rings (SSSR count). The van der Waals surface area contributed by atoms with Crippen molar-refractivity contribution in [2.75, 3.05) is 11.1 Å². The Bertz CT molecular complexity index is 694. The molecule has 0 saturated carbocycles. The molecule has 0 aliphatic carbocycles. The molecule has 1 heterocycles. The summed E-state index contributed by atoms with van der Waals surface area (Å²) in [5.74, 6) is 0.583. The maximum atomic E-state index is 11.8. The summed E-state index contributed by atoms with van der Waals surface area (Å²) in [5.41, 5.74) is 1.99. The second-order valence-electron chi connectivity index (χ2n) is 4.21. The van der Waals surface area contributed by atoms with Crippen LogP contribution in [0.1, 0.15) is 17.7 Å². The number of thioether (sulfide) groups is 1. The summed E-state index contributed by atoms with van der Waals surface area (Å²) >= 11 is 9.07. The maximum absolute atomic E-state index is 11.8. The molecular weight excluding hydrogens is 326 g/mol. The van der Waals surface area contributed by atoms with Gasteiger partial charge in [0.2, 0.25) is 5.91 Å². The van der Waals surface area contributed by atoms with Crippen molar-refractivity contribution in [2.45, 2.75) is 17.7 Å². The summed E-state index contributed by atoms with van der Waals surface area (Å²) < 4.78 is 0.974. The van der Waals surface area contributed by atoms with Gasteiger partial charge in [-0.2, -0.15) is 5.26 Å². The van der Waals surface area contributed by atoms with Crippen LogP contribution in [0.3, 0.4) is 0 Å². The molecule has 0 spiro atoms. The summed E-state index contributed by atoms with van der Waals surface area (Å²) in [7, 11) is 0. The molecule has 0 saturated heterocycles. The number of anilines is 1. The van der Waals surface area contributed by atoms with Crippen LogP contribution in [0.2, 0.25) is 5.02 Å². The van der Waals surface area contributed by atoms with E-state index in [-0.39, 0.29) is 5.91 Å². The van der Waals surface area contributed by atoms with Gasteiger partial charge in [0.25, 0.3) is 0 Å². The molecule has 0 radical (unpaired) electrons. The number of hydrogen-bond donors (Lipinski definition) is 1. The first kappa shape index (κ1) is 15.8. The highest BCUT2D eigenvalue weighted by Crippen LogP contribution is 2.23. The topological polar surface area (TPSA) is 65.8 Å². The van der Waals surface area contributed by atoms with Gasteiger partial charge in [-0.25, -0.2) is 4.98 Å². The summed E-state index contributed by atoms with van der Waals surface area (Å²) in [5, 5.41) is 13.9. The van der Waals surface area contributed by atoms with Gasteiger partial charge < -0.3 is 5.32 Å². The predicted molar refractivity (Wildman–Crippen MR) is 87.0 cm³/mol. The molecule has 0 bridgehead atoms. The maximum Gasteiger partial charge on any atom is 0.225 e. The smallest absolute Gasteiger partial charge is 0.225 e. The third kappa shape index (κ3) is 4.74. The Morgan fingerprint density at radius 2 is 2.38 bits per heavy atom. The molecule has 0 atom stereocenters. The van der Waals surface area contributed by atoms with Crippen LogP contribution in [0.25, 0.3) is 0 Å². The van der Waals surface area contributed by atoms with Gasteiger partial charge in [-0.05, 0) is 25.1 Å². The molecule has 1 N–H and O–H groups in total. The van der Waals surface area contributed by atoms with Crippen LogP contribution >= 0.6 is 34.7 Å². The molecule has 0 unspecified atom stereocenters. The molecule has 1 amide bonds. The SMILES string of the molecule is Cc1csc(SCCC(=O)Nc2ccc(C#N)c(Cl)c2)n1. The van der Waals surface area contributed by atoms with Gasteiger partial charge in [-0.1, -0.05) is 23.4 Å². The lowest BCUT2D eigenvalue weighted by atomic mass is 10.2. The van der Waals surface area contributed by atoms with E-state index in [0.717, 1.165) is 10.0 Å². The van der Waals surface area contributed by atoms with Crippen molar-refractivity contribution >= 4 is 46.3 Å². The fourth-order valence-electron chi connectivity index (χ4n) is 1.54. The first-order chi connectivity index (χ1) is 10.1. The van der Waals surface area contributed by atoms with Crippen LogP contribution in [0, 0.1) is 18.3 Å². The van der Waals surface area contributed by atoms with Gasteiger partial charge in [-0.3, -0.25) is 4.79 Å². The number of amides is 1. The number of thiazole rings is 1. The van der Waals surface area contributed by atoms with E-state index in [1.807, 2.05) is 18.4 Å². The van der Waals surface area contributed by atoms with E-state index in [0.29, 0.717) is 28.4 Å². The number of halogens is 1. The molecular formula is C14H12ClN3OS2. The predicted octanol–water partition coefficient (Wildman–Crippen LogP) is 4.10. The fraction of sp³-hybridized carbons (Fsp3) is 0.214. The first-order valence-electron chi connectivity index (χ1n) is 6.13. The van der Waals surface area contributed by atoms with E-state index >= 15 is 0 Å². The van der Waals surface area contributed by atoms with Gasteiger partial charge >= 0.3 is 0 Å². The van der Waals surface area contributed by atoms with E-state index in [2.05, 4.69) is 10.3 Å². The summed E-state index contributed by atoms with van der Waals surface area (Å²) in [6.07, 6.45) is 0.390. The fourth-order valence-corrected chi connectivity index (χ4v) is 3.62. The minimum absolute atomic E-state index is 0.0865. The zero-order valence-corrected chi connectivity index (χ0v) is 13.6. The largest absolute Gasteiger partial charge is 0.326 e. The van der Waals surface area contributed by atoms with E-state index in [4.69, 9.17) is 16.9 Å². The van der Waals surface area contributed by atoms with E-state index < -0.39 is 0 Å². The van der Waals surface area contributed by atoms with Gasteiger partial charge in [-0.15, -0.1) is 11.3 Å². The van der Waals surface area contributed by atoms with Gasteiger partial charge in [0.15, 0.2) is 0 Å². The molecule has 0 aliphatic rings. The van der Waals surface area contributed by atoms with Crippen LogP contribution in [-0.2, 0) is 4.79 Å². The molecule has 21 heavy (non-hydrogen) atoms. The highest BCUT2D eigenvalue weighted by Gasteiger charge is 2.06. The summed E-state index contributed by atoms with van der Waals surface area (Å²) in [4.78, 5) is 16.1. The van der Waals surface area contributed by atoms with Crippen molar-refractivity contribution in [3.8, 4) is 6.07 Å². The molecule has 108 valence electrons. The number of carbonyl (C=O) groups is 1. The van der Waals surface area contributed by atoms with Crippen molar-refractivity contribution in [1.82, 2.24) is 4.98 Å². The van der Waals surface area contributed by atoms with E-state index in [1.54, 1.807) is 41.3 Å². The Balaban J connectivity index is 1.82. The zero-order valence-electron chi connectivity index (χ0n) is 11.2. The summed E-state index contributed by atoms with van der Waals surface area (Å²) in [6, 6.07) is 6.81. The van der Waals surface area contributed by atoms with Crippen LogP contribution in [0.4, 0.5) is 5.69 Å². The van der Waals surface area contributed by atoms with Crippen LogP contribution in [-0.4, -0.2) is 16.6 Å². The van der Waals surface area contributed by atoms with Crippen molar-refractivity contribution in [3.05, 3.63) is 39.9 Å². The number of nitriles is 1. The Labute approximate surface area is 136 Å². The summed E-state index contributed by atoms with van der Waals surface area (Å²) in [6.45, 7) is 1.95. The van der Waals surface area contributed by atoms with E-state index in [1.165, 1.54) is 0 Å². The molecule has 1 aromatic heterocycles. The minimum Gasteiger partial charge on any atom is -0.326 e. The van der Waals surface area contributed by atoms with Gasteiger partial charge in [0.1, 0.15) is 10.4 Å². The lowest BCUT2D eigenvalue weighted by Gasteiger charge is -2.05. The highest BCUT2D eigenvalue weighted by molar-refractivity contribution is 8.01. The second kappa shape index (κ2) is 7.46. The molecule has 7 heteroatoms. The van der Waals surface area contributed by atoms with Crippen LogP contribution in [0.15, 0.2) is 27.9 Å². The lowest BCUT2D eigenvalue weighted by molar-refractivity contribution is -0.115. The van der Waals surface area contributed by atoms with Gasteiger partial charge in [0, 0.05) is 28.9 Å². The van der Waals surface area contributed by atoms with Crippen LogP contribution in [0.5, 0.6) is 0 Å². The molecule has 1 aromatic carbocycles. The third-order valence-electron chi connectivity index (χ3n) is 2.53. The monoisotopic (exact) mass is 337 g/mol. The highest BCUT2D eigenvalue weighted by atomic mass is 35.5. The molecule has 0 fully saturated rings. The Morgan fingerprint density at radius 3 is 3.00 bits per heavy atom. The van der Waals surface area contributed by atoms with Crippen molar-refractivity contribution in [2.24, 2.45) is 0 Å². The number of aromatic nitrogens is 1. The number of benzene rings is 1. The molecule has 4 nitrogen and oxygen atoms in total. The number of hydrogen-bond acceptors (Lipinski definition) is 5. The number of nitrogens with zero attached hydrogens (tertiary/aromatic N) is 2. The second-order valence-corrected chi connectivity index (χ2v) is 6.82. The number of carbonyl (C=O) groups excluding carboxylic acids is 1. The Hall–Kier alpha value is -1.55. The Kier molecular flexibility index (Phi) is 5.62. The van der Waals surface area contributed by atoms with Crippen molar-refractivity contribution < 1.29 is 4.79 Å². The zero-order chi connectivity index (χ0) is 15.2. The third-order valence-corrected chi connectivity index (χ3v) is 4.98. The van der Waals surface area contributed by atoms with Crippen molar-refractivity contribution in [3.63, 3.8) is 0 Å². The number of nitrogens with one attached hydrogen (secondary N) is 1. The molecule has 2 aromatic rings. The van der Waals surface area contributed by atoms with E-state index in [9.17, 15) is 4.79 Å². The van der Waals surface area contributed by atoms with Gasteiger partial charge in [0.05, 0.1) is 10.6 Å². The lowest BCUT2D eigenvalue weighted by Crippen LogP contribution is -2.12. The molecule has 0 aliphatic heterocycles. The minimum atomic E-state index is -0.0865. The Morgan fingerprint density at radius 1 is 1.57 bits per heavy atom. The first-order valence-corrected chi connectivity index (χ1v) is 8.37. The van der Waals surface area contributed by atoms with Crippen LogP contribution < -0.4 is 5.32 Å². The average Bonchev–Trinajstić information content (AvgIpc) is 2.84. The standard InChI is InChI=1S/C14H12ClN3OS2/c1-9-8-21-14(17-9)20-5-4-13(19)18-11-3-2-10(7-16)12(15)6-11/h2-3,6,8H,4-5H2,1H3,(H,18,19). The quantitative estimate of drug-likeness (QED) is 0.834.